The van der Waals surface area contributed by atoms with E-state index in [0.29, 0.717) is 44.2 Å². The zero-order chi connectivity index (χ0) is 19.1. The molecule has 2 aromatic rings. The summed E-state index contributed by atoms with van der Waals surface area (Å²) in [5.41, 5.74) is 2.40. The number of hydrogen-bond acceptors (Lipinski definition) is 5. The highest BCUT2D eigenvalue weighted by atomic mass is 16.7. The fraction of sp³-hybridized carbons (Fsp3) is 0.450. The van der Waals surface area contributed by atoms with E-state index < -0.39 is 0 Å². The van der Waals surface area contributed by atoms with E-state index >= 15 is 0 Å². The Morgan fingerprint density at radius 2 is 2.00 bits per heavy atom. The summed E-state index contributed by atoms with van der Waals surface area (Å²) in [7, 11) is 0. The smallest absolute Gasteiger partial charge is 0.272 e. The number of carbonyl (C=O) groups excluding carboxylic acids is 2. The van der Waals surface area contributed by atoms with Crippen LogP contribution in [0.25, 0.3) is 0 Å². The molecule has 1 N–H and O–H groups in total. The Balaban J connectivity index is 1.19. The molecule has 1 aliphatic carbocycles. The highest BCUT2D eigenvalue weighted by Crippen LogP contribution is 2.32. The molecular weight excluding hydrogens is 360 g/mol. The minimum atomic E-state index is -0.120. The van der Waals surface area contributed by atoms with Gasteiger partial charge in [0.05, 0.1) is 18.8 Å². The van der Waals surface area contributed by atoms with Crippen LogP contribution < -0.4 is 14.8 Å². The van der Waals surface area contributed by atoms with Gasteiger partial charge in [0, 0.05) is 19.0 Å². The van der Waals surface area contributed by atoms with Crippen molar-refractivity contribution in [3.63, 3.8) is 0 Å². The standard InChI is InChI=1S/C20H22N4O4/c25-19(6-2-13-1-5-17-18(9-13)28-12-27-17)23-7-8-24-15(11-23)10-16(22-24)20(26)21-14-3-4-14/h1,5,9-10,14H,2-4,6-8,11-12H2,(H,21,26). The van der Waals surface area contributed by atoms with Gasteiger partial charge in [0.25, 0.3) is 5.91 Å². The SMILES string of the molecule is O=C(NC1CC1)c1cc2n(n1)CCN(C(=O)CCc1ccc3c(c1)OCO3)C2. The molecular formula is C20H22N4O4. The molecule has 0 saturated heterocycles. The summed E-state index contributed by atoms with van der Waals surface area (Å²) < 4.78 is 12.5. The number of carbonyl (C=O) groups is 2. The first-order valence-corrected chi connectivity index (χ1v) is 9.69. The zero-order valence-corrected chi connectivity index (χ0v) is 15.5. The number of rotatable bonds is 5. The summed E-state index contributed by atoms with van der Waals surface area (Å²) in [6.45, 7) is 1.96. The normalized spacial score (nSPS) is 17.4. The van der Waals surface area contributed by atoms with Crippen molar-refractivity contribution in [3.05, 3.63) is 41.2 Å². The van der Waals surface area contributed by atoms with Crippen LogP contribution in [0.15, 0.2) is 24.3 Å². The van der Waals surface area contributed by atoms with Crippen LogP contribution in [0, 0.1) is 0 Å². The van der Waals surface area contributed by atoms with Gasteiger partial charge in [0.15, 0.2) is 17.2 Å². The molecule has 3 aliphatic rings. The highest BCUT2D eigenvalue weighted by Gasteiger charge is 2.27. The fourth-order valence-electron chi connectivity index (χ4n) is 3.58. The predicted octanol–water partition coefficient (Wildman–Crippen LogP) is 1.48. The van der Waals surface area contributed by atoms with E-state index in [1.54, 1.807) is 6.07 Å². The summed E-state index contributed by atoms with van der Waals surface area (Å²) in [4.78, 5) is 26.7. The number of hydrogen-bond donors (Lipinski definition) is 1. The third kappa shape index (κ3) is 3.42. The molecule has 0 radical (unpaired) electrons. The van der Waals surface area contributed by atoms with Crippen molar-refractivity contribution in [1.29, 1.82) is 0 Å². The summed E-state index contributed by atoms with van der Waals surface area (Å²) in [5, 5.41) is 7.35. The minimum absolute atomic E-state index is 0.106. The third-order valence-corrected chi connectivity index (χ3v) is 5.36. The van der Waals surface area contributed by atoms with Gasteiger partial charge in [-0.05, 0) is 43.0 Å². The average Bonchev–Trinajstić information content (AvgIpc) is 3.23. The maximum absolute atomic E-state index is 12.7. The molecule has 0 unspecified atom stereocenters. The molecule has 1 aromatic heterocycles. The lowest BCUT2D eigenvalue weighted by atomic mass is 10.1. The average molecular weight is 382 g/mol. The van der Waals surface area contributed by atoms with Crippen molar-refractivity contribution >= 4 is 11.8 Å². The Hall–Kier alpha value is -3.03. The van der Waals surface area contributed by atoms with E-state index in [2.05, 4.69) is 10.4 Å². The van der Waals surface area contributed by atoms with Gasteiger partial charge in [0.1, 0.15) is 0 Å². The largest absolute Gasteiger partial charge is 0.454 e. The van der Waals surface area contributed by atoms with E-state index in [4.69, 9.17) is 9.47 Å². The van der Waals surface area contributed by atoms with Crippen molar-refractivity contribution < 1.29 is 19.1 Å². The van der Waals surface area contributed by atoms with Crippen LogP contribution in [-0.4, -0.2) is 45.9 Å². The monoisotopic (exact) mass is 382 g/mol. The van der Waals surface area contributed by atoms with Crippen molar-refractivity contribution in [2.24, 2.45) is 0 Å². The van der Waals surface area contributed by atoms with E-state index in [9.17, 15) is 9.59 Å². The minimum Gasteiger partial charge on any atom is -0.454 e. The molecule has 0 atom stereocenters. The predicted molar refractivity (Wildman–Crippen MR) is 99.0 cm³/mol. The third-order valence-electron chi connectivity index (χ3n) is 5.36. The van der Waals surface area contributed by atoms with Crippen LogP contribution in [0.4, 0.5) is 0 Å². The van der Waals surface area contributed by atoms with Gasteiger partial charge in [-0.3, -0.25) is 14.3 Å². The van der Waals surface area contributed by atoms with Crippen LogP contribution >= 0.6 is 0 Å². The van der Waals surface area contributed by atoms with E-state index in [0.717, 1.165) is 35.6 Å². The number of nitrogens with zero attached hydrogens (tertiary/aromatic N) is 3. The van der Waals surface area contributed by atoms with Gasteiger partial charge in [-0.25, -0.2) is 0 Å². The lowest BCUT2D eigenvalue weighted by Gasteiger charge is -2.27. The first-order chi connectivity index (χ1) is 13.7. The maximum atomic E-state index is 12.7. The lowest BCUT2D eigenvalue weighted by Crippen LogP contribution is -2.38. The molecule has 2 aliphatic heterocycles. The Bertz CT molecular complexity index is 934. The van der Waals surface area contributed by atoms with Gasteiger partial charge in [-0.2, -0.15) is 5.10 Å². The molecule has 2 amide bonds. The molecule has 8 heteroatoms. The number of amides is 2. The zero-order valence-electron chi connectivity index (χ0n) is 15.5. The molecule has 0 spiro atoms. The van der Waals surface area contributed by atoms with Crippen molar-refractivity contribution in [2.75, 3.05) is 13.3 Å². The van der Waals surface area contributed by atoms with Crippen LogP contribution in [0.3, 0.4) is 0 Å². The number of ether oxygens (including phenoxy) is 2. The Morgan fingerprint density at radius 3 is 2.86 bits per heavy atom. The Labute approximate surface area is 162 Å². The molecule has 8 nitrogen and oxygen atoms in total. The fourth-order valence-corrected chi connectivity index (χ4v) is 3.58. The molecule has 3 heterocycles. The van der Waals surface area contributed by atoms with Crippen molar-refractivity contribution in [1.82, 2.24) is 20.0 Å². The number of fused-ring (bicyclic) bond motifs is 2. The summed E-state index contributed by atoms with van der Waals surface area (Å²) >= 11 is 0. The van der Waals surface area contributed by atoms with E-state index in [1.165, 1.54) is 0 Å². The number of benzene rings is 1. The van der Waals surface area contributed by atoms with E-state index in [1.807, 2.05) is 27.8 Å². The van der Waals surface area contributed by atoms with Crippen LogP contribution in [0.2, 0.25) is 0 Å². The van der Waals surface area contributed by atoms with Gasteiger partial charge >= 0.3 is 0 Å². The summed E-state index contributed by atoms with van der Waals surface area (Å²) in [5.74, 6) is 1.48. The highest BCUT2D eigenvalue weighted by molar-refractivity contribution is 5.92. The first kappa shape index (κ1) is 17.1. The first-order valence-electron chi connectivity index (χ1n) is 9.69. The van der Waals surface area contributed by atoms with Gasteiger partial charge in [0.2, 0.25) is 12.7 Å². The molecule has 5 rings (SSSR count). The van der Waals surface area contributed by atoms with Crippen LogP contribution in [0.5, 0.6) is 11.5 Å². The second-order valence-electron chi connectivity index (χ2n) is 7.49. The van der Waals surface area contributed by atoms with E-state index in [-0.39, 0.29) is 18.6 Å². The lowest BCUT2D eigenvalue weighted by molar-refractivity contribution is -0.132. The number of nitrogens with one attached hydrogen (secondary N) is 1. The Kier molecular flexibility index (Phi) is 4.18. The molecule has 0 bridgehead atoms. The van der Waals surface area contributed by atoms with Gasteiger partial charge in [-0.15, -0.1) is 0 Å². The van der Waals surface area contributed by atoms with Crippen molar-refractivity contribution in [3.8, 4) is 11.5 Å². The van der Waals surface area contributed by atoms with Gasteiger partial charge < -0.3 is 19.7 Å². The number of aromatic nitrogens is 2. The quantitative estimate of drug-likeness (QED) is 0.847. The molecule has 28 heavy (non-hydrogen) atoms. The van der Waals surface area contributed by atoms with Crippen molar-refractivity contribution in [2.45, 2.75) is 44.8 Å². The van der Waals surface area contributed by atoms with Crippen LogP contribution in [0.1, 0.15) is 41.0 Å². The second kappa shape index (κ2) is 6.85. The summed E-state index contributed by atoms with van der Waals surface area (Å²) in [6.07, 6.45) is 3.18. The molecule has 1 aromatic carbocycles. The Morgan fingerprint density at radius 1 is 1.14 bits per heavy atom. The molecule has 1 saturated carbocycles. The maximum Gasteiger partial charge on any atom is 0.272 e. The topological polar surface area (TPSA) is 85.7 Å². The number of aryl methyl sites for hydroxylation is 1. The summed E-state index contributed by atoms with van der Waals surface area (Å²) in [6, 6.07) is 7.90. The molecule has 146 valence electrons. The van der Waals surface area contributed by atoms with Gasteiger partial charge in [-0.1, -0.05) is 6.07 Å². The van der Waals surface area contributed by atoms with Crippen LogP contribution in [-0.2, 0) is 24.3 Å². The second-order valence-corrected chi connectivity index (χ2v) is 7.49. The molecule has 1 fully saturated rings.